The van der Waals surface area contributed by atoms with Gasteiger partial charge in [-0.3, -0.25) is 4.79 Å². The second-order valence-corrected chi connectivity index (χ2v) is 12.3. The molecular weight excluding hydrogens is 480 g/mol. The molecular formula is C34H72N4O. The van der Waals surface area contributed by atoms with Gasteiger partial charge in [-0.25, -0.2) is 0 Å². The minimum atomic E-state index is -0.178. The van der Waals surface area contributed by atoms with E-state index in [1.54, 1.807) is 0 Å². The molecule has 0 unspecified atom stereocenters. The van der Waals surface area contributed by atoms with Crippen molar-refractivity contribution in [2.75, 3.05) is 19.6 Å². The number of hydrogen-bond donors (Lipinski definition) is 4. The highest BCUT2D eigenvalue weighted by molar-refractivity contribution is 5.76. The predicted octanol–water partition coefficient (Wildman–Crippen LogP) is 8.66. The summed E-state index contributed by atoms with van der Waals surface area (Å²) in [6.45, 7) is 4.26. The molecule has 0 bridgehead atoms. The van der Waals surface area contributed by atoms with Crippen molar-refractivity contribution in [1.82, 2.24) is 5.32 Å². The molecule has 1 amide bonds. The number of hydrogen-bond acceptors (Lipinski definition) is 4. The standard InChI is InChI=1S/C34H72N4O/c1-2-3-4-5-6-7-8-9-10-11-12-13-14-15-16-17-18-19-20-21-22-26-33(39)38-34(27-23-30-35,28-24-31-36)29-25-32-37/h2-32,35-37H2,1H3,(H,38,39). The lowest BCUT2D eigenvalue weighted by molar-refractivity contribution is -0.123. The van der Waals surface area contributed by atoms with Crippen molar-refractivity contribution < 1.29 is 4.79 Å². The summed E-state index contributed by atoms with van der Waals surface area (Å²) in [6.07, 6.45) is 35.2. The van der Waals surface area contributed by atoms with Crippen LogP contribution in [0.4, 0.5) is 0 Å². The number of carbonyl (C=O) groups excluding carboxylic acids is 1. The van der Waals surface area contributed by atoms with Crippen LogP contribution in [0.5, 0.6) is 0 Å². The van der Waals surface area contributed by atoms with Gasteiger partial charge in [-0.1, -0.05) is 135 Å². The first kappa shape index (κ1) is 38.4. The second-order valence-electron chi connectivity index (χ2n) is 12.3. The van der Waals surface area contributed by atoms with Crippen molar-refractivity contribution in [3.05, 3.63) is 0 Å². The Kier molecular flexibility index (Phi) is 29.8. The van der Waals surface area contributed by atoms with Crippen LogP contribution in [0.25, 0.3) is 0 Å². The van der Waals surface area contributed by atoms with Crippen LogP contribution < -0.4 is 22.5 Å². The zero-order chi connectivity index (χ0) is 28.7. The Morgan fingerprint density at radius 2 is 0.744 bits per heavy atom. The van der Waals surface area contributed by atoms with Gasteiger partial charge in [0.1, 0.15) is 0 Å². The number of nitrogens with two attached hydrogens (primary N) is 3. The Labute approximate surface area is 245 Å². The van der Waals surface area contributed by atoms with Gasteiger partial charge in [0.05, 0.1) is 0 Å². The fraction of sp³-hybridized carbons (Fsp3) is 0.971. The highest BCUT2D eigenvalue weighted by atomic mass is 16.1. The molecule has 5 heteroatoms. The lowest BCUT2D eigenvalue weighted by Gasteiger charge is -2.35. The molecule has 0 aliphatic rings. The molecule has 0 heterocycles. The minimum Gasteiger partial charge on any atom is -0.351 e. The van der Waals surface area contributed by atoms with Crippen LogP contribution >= 0.6 is 0 Å². The van der Waals surface area contributed by atoms with E-state index in [9.17, 15) is 4.79 Å². The summed E-state index contributed by atoms with van der Waals surface area (Å²) in [5.41, 5.74) is 17.2. The van der Waals surface area contributed by atoms with Crippen molar-refractivity contribution in [3.8, 4) is 0 Å². The van der Waals surface area contributed by atoms with Crippen LogP contribution in [0.1, 0.15) is 187 Å². The van der Waals surface area contributed by atoms with E-state index in [-0.39, 0.29) is 11.4 Å². The van der Waals surface area contributed by atoms with Gasteiger partial charge < -0.3 is 22.5 Å². The number of nitrogens with one attached hydrogen (secondary N) is 1. The number of amides is 1. The van der Waals surface area contributed by atoms with Gasteiger partial charge in [0, 0.05) is 12.0 Å². The van der Waals surface area contributed by atoms with Crippen LogP contribution in [-0.2, 0) is 4.79 Å². The van der Waals surface area contributed by atoms with Crippen molar-refractivity contribution in [1.29, 1.82) is 0 Å². The molecule has 0 aliphatic carbocycles. The topological polar surface area (TPSA) is 107 Å². The van der Waals surface area contributed by atoms with Gasteiger partial charge in [0.2, 0.25) is 5.91 Å². The van der Waals surface area contributed by atoms with E-state index in [0.29, 0.717) is 26.1 Å². The maximum absolute atomic E-state index is 12.7. The third-order valence-corrected chi connectivity index (χ3v) is 8.49. The van der Waals surface area contributed by atoms with Crippen LogP contribution in [0.2, 0.25) is 0 Å². The maximum atomic E-state index is 12.7. The van der Waals surface area contributed by atoms with Crippen molar-refractivity contribution >= 4 is 5.91 Å². The monoisotopic (exact) mass is 553 g/mol. The molecule has 0 spiro atoms. The summed E-state index contributed by atoms with van der Waals surface area (Å²) in [5, 5.41) is 3.39. The fourth-order valence-electron chi connectivity index (χ4n) is 5.96. The van der Waals surface area contributed by atoms with E-state index in [2.05, 4.69) is 12.2 Å². The Bertz CT molecular complexity index is 478. The first-order chi connectivity index (χ1) is 19.1. The zero-order valence-electron chi connectivity index (χ0n) is 26.6. The Morgan fingerprint density at radius 3 is 1.03 bits per heavy atom. The molecule has 0 atom stereocenters. The van der Waals surface area contributed by atoms with Crippen LogP contribution in [0.15, 0.2) is 0 Å². The van der Waals surface area contributed by atoms with E-state index in [1.807, 2.05) is 0 Å². The van der Waals surface area contributed by atoms with Gasteiger partial charge >= 0.3 is 0 Å². The van der Waals surface area contributed by atoms with Crippen molar-refractivity contribution in [2.24, 2.45) is 17.2 Å². The summed E-state index contributed by atoms with van der Waals surface area (Å²) in [6, 6.07) is 0. The number of unbranched alkanes of at least 4 members (excludes halogenated alkanes) is 20. The maximum Gasteiger partial charge on any atom is 0.220 e. The first-order valence-corrected chi connectivity index (χ1v) is 17.6. The molecule has 0 saturated heterocycles. The lowest BCUT2D eigenvalue weighted by Crippen LogP contribution is -2.49. The van der Waals surface area contributed by atoms with E-state index in [0.717, 1.165) is 51.4 Å². The third-order valence-electron chi connectivity index (χ3n) is 8.49. The Balaban J connectivity index is 3.63. The van der Waals surface area contributed by atoms with Crippen molar-refractivity contribution in [3.63, 3.8) is 0 Å². The molecule has 0 saturated carbocycles. The molecule has 39 heavy (non-hydrogen) atoms. The highest BCUT2D eigenvalue weighted by Crippen LogP contribution is 2.26. The number of carbonyl (C=O) groups is 1. The fourth-order valence-corrected chi connectivity index (χ4v) is 5.96. The van der Waals surface area contributed by atoms with Gasteiger partial charge in [-0.2, -0.15) is 0 Å². The smallest absolute Gasteiger partial charge is 0.220 e. The largest absolute Gasteiger partial charge is 0.351 e. The molecule has 0 fully saturated rings. The summed E-state index contributed by atoms with van der Waals surface area (Å²) in [5.74, 6) is 0.193. The van der Waals surface area contributed by atoms with Gasteiger partial charge in [-0.15, -0.1) is 0 Å². The average Bonchev–Trinajstić information content (AvgIpc) is 2.94. The molecule has 0 aromatic rings. The average molecular weight is 553 g/mol. The SMILES string of the molecule is CCCCCCCCCCCCCCCCCCCCCCCC(=O)NC(CCCN)(CCCN)CCCN. The summed E-state index contributed by atoms with van der Waals surface area (Å²) < 4.78 is 0. The van der Waals surface area contributed by atoms with Crippen LogP contribution in [0.3, 0.4) is 0 Å². The third kappa shape index (κ3) is 26.0. The minimum absolute atomic E-state index is 0.178. The molecule has 0 aliphatic heterocycles. The molecule has 5 nitrogen and oxygen atoms in total. The van der Waals surface area contributed by atoms with E-state index in [4.69, 9.17) is 17.2 Å². The van der Waals surface area contributed by atoms with Gasteiger partial charge in [0.25, 0.3) is 0 Å². The highest BCUT2D eigenvalue weighted by Gasteiger charge is 2.29. The van der Waals surface area contributed by atoms with Crippen LogP contribution in [-0.4, -0.2) is 31.1 Å². The zero-order valence-corrected chi connectivity index (χ0v) is 26.6. The molecule has 0 aromatic carbocycles. The van der Waals surface area contributed by atoms with E-state index in [1.165, 1.54) is 122 Å². The van der Waals surface area contributed by atoms with Crippen LogP contribution in [0, 0.1) is 0 Å². The van der Waals surface area contributed by atoms with Gasteiger partial charge in [0.15, 0.2) is 0 Å². The Hall–Kier alpha value is -0.650. The lowest BCUT2D eigenvalue weighted by atomic mass is 9.83. The normalized spacial score (nSPS) is 11.8. The molecule has 0 radical (unpaired) electrons. The number of rotatable bonds is 32. The van der Waals surface area contributed by atoms with Crippen molar-refractivity contribution in [2.45, 2.75) is 192 Å². The predicted molar refractivity (Wildman–Crippen MR) is 173 cm³/mol. The first-order valence-electron chi connectivity index (χ1n) is 17.6. The summed E-state index contributed by atoms with van der Waals surface area (Å²) in [7, 11) is 0. The van der Waals surface area contributed by atoms with E-state index >= 15 is 0 Å². The molecule has 0 rings (SSSR count). The van der Waals surface area contributed by atoms with Gasteiger partial charge in [-0.05, 0) is 64.6 Å². The Morgan fingerprint density at radius 1 is 0.462 bits per heavy atom. The molecule has 0 aromatic heterocycles. The summed E-state index contributed by atoms with van der Waals surface area (Å²) >= 11 is 0. The molecule has 234 valence electrons. The summed E-state index contributed by atoms with van der Waals surface area (Å²) in [4.78, 5) is 12.7. The quantitative estimate of drug-likeness (QED) is 0.0626. The second kappa shape index (κ2) is 30.3. The molecule has 7 N–H and O–H groups in total. The van der Waals surface area contributed by atoms with E-state index < -0.39 is 0 Å².